The summed E-state index contributed by atoms with van der Waals surface area (Å²) in [6.07, 6.45) is 8.43. The average Bonchev–Trinajstić information content (AvgIpc) is 3.47. The highest BCUT2D eigenvalue weighted by molar-refractivity contribution is 5.61. The number of aromatic nitrogens is 5. The van der Waals surface area contributed by atoms with Crippen LogP contribution >= 0.6 is 0 Å². The molecule has 0 saturated carbocycles. The van der Waals surface area contributed by atoms with Crippen molar-refractivity contribution in [3.63, 3.8) is 0 Å². The maximum atomic E-state index is 14.4. The van der Waals surface area contributed by atoms with Crippen LogP contribution in [-0.2, 0) is 0 Å². The molecule has 0 spiro atoms. The molecule has 1 unspecified atom stereocenters. The number of nitrogens with zero attached hydrogens (tertiary/aromatic N) is 6. The first-order chi connectivity index (χ1) is 14.1. The molecule has 0 amide bonds. The fraction of sp³-hybridized carbons (Fsp3) is 0.250. The Morgan fingerprint density at radius 1 is 1.14 bits per heavy atom. The lowest BCUT2D eigenvalue weighted by molar-refractivity contribution is 0.414. The van der Waals surface area contributed by atoms with E-state index in [1.165, 1.54) is 12.1 Å². The summed E-state index contributed by atoms with van der Waals surface area (Å²) in [6, 6.07) is 5.16. The van der Waals surface area contributed by atoms with Gasteiger partial charge in [0.05, 0.1) is 31.7 Å². The van der Waals surface area contributed by atoms with Gasteiger partial charge in [-0.05, 0) is 37.1 Å². The first-order valence-corrected chi connectivity index (χ1v) is 9.29. The Morgan fingerprint density at radius 3 is 2.86 bits per heavy atom. The van der Waals surface area contributed by atoms with Crippen molar-refractivity contribution in [1.29, 1.82) is 0 Å². The van der Waals surface area contributed by atoms with Crippen LogP contribution in [0.15, 0.2) is 49.1 Å². The van der Waals surface area contributed by atoms with Gasteiger partial charge in [0.25, 0.3) is 0 Å². The van der Waals surface area contributed by atoms with Gasteiger partial charge in [-0.15, -0.1) is 0 Å². The molecule has 0 radical (unpaired) electrons. The summed E-state index contributed by atoms with van der Waals surface area (Å²) in [4.78, 5) is 6.78. The number of hydrogen-bond donors (Lipinski definition) is 0. The Morgan fingerprint density at radius 2 is 2.03 bits per heavy atom. The van der Waals surface area contributed by atoms with Crippen molar-refractivity contribution >= 4 is 11.5 Å². The van der Waals surface area contributed by atoms with Gasteiger partial charge in [-0.3, -0.25) is 0 Å². The van der Waals surface area contributed by atoms with Crippen molar-refractivity contribution in [2.45, 2.75) is 18.9 Å². The zero-order valence-corrected chi connectivity index (χ0v) is 15.7. The lowest BCUT2D eigenvalue weighted by Gasteiger charge is -2.26. The van der Waals surface area contributed by atoms with Crippen molar-refractivity contribution < 1.29 is 13.5 Å². The van der Waals surface area contributed by atoms with Crippen molar-refractivity contribution in [2.75, 3.05) is 18.6 Å². The summed E-state index contributed by atoms with van der Waals surface area (Å²) in [7, 11) is 1.58. The van der Waals surface area contributed by atoms with Gasteiger partial charge in [0.15, 0.2) is 11.4 Å². The van der Waals surface area contributed by atoms with Gasteiger partial charge in [-0.1, -0.05) is 0 Å². The van der Waals surface area contributed by atoms with Crippen LogP contribution in [0.5, 0.6) is 5.75 Å². The van der Waals surface area contributed by atoms with Crippen molar-refractivity contribution in [3.05, 3.63) is 66.3 Å². The predicted octanol–water partition coefficient (Wildman–Crippen LogP) is 3.54. The monoisotopic (exact) mass is 396 g/mol. The predicted molar refractivity (Wildman–Crippen MR) is 102 cm³/mol. The Bertz CT molecular complexity index is 1190. The van der Waals surface area contributed by atoms with Crippen LogP contribution in [0.3, 0.4) is 0 Å². The summed E-state index contributed by atoms with van der Waals surface area (Å²) in [6.45, 7) is 0.711. The Kier molecular flexibility index (Phi) is 4.15. The van der Waals surface area contributed by atoms with E-state index in [1.54, 1.807) is 41.1 Å². The highest BCUT2D eigenvalue weighted by Gasteiger charge is 2.30. The minimum absolute atomic E-state index is 0.267. The molecule has 148 valence electrons. The summed E-state index contributed by atoms with van der Waals surface area (Å²) < 4.78 is 36.6. The molecule has 5 rings (SSSR count). The third kappa shape index (κ3) is 2.98. The standard InChI is InChI=1S/C20H18F2N6O/c1-29-14-10-23-28(12-14)18-11-24-27-8-6-19(25-20(18)27)26-7-2-3-17(26)15-9-13(21)4-5-16(15)22/h4-6,8-12,17H,2-3,7H2,1H3. The van der Waals surface area contributed by atoms with Crippen LogP contribution in [0, 0.1) is 11.6 Å². The second-order valence-corrected chi connectivity index (χ2v) is 6.93. The van der Waals surface area contributed by atoms with Crippen molar-refractivity contribution in [2.24, 2.45) is 0 Å². The summed E-state index contributed by atoms with van der Waals surface area (Å²) in [5.41, 5.74) is 1.66. The van der Waals surface area contributed by atoms with E-state index in [0.717, 1.165) is 18.9 Å². The van der Waals surface area contributed by atoms with E-state index in [4.69, 9.17) is 9.72 Å². The fourth-order valence-corrected chi connectivity index (χ4v) is 3.85. The van der Waals surface area contributed by atoms with Crippen LogP contribution in [0.25, 0.3) is 11.3 Å². The molecule has 1 atom stereocenters. The molecule has 0 N–H and O–H groups in total. The number of benzene rings is 1. The highest BCUT2D eigenvalue weighted by Crippen LogP contribution is 2.37. The number of halogens is 2. The van der Waals surface area contributed by atoms with E-state index in [2.05, 4.69) is 10.2 Å². The second kappa shape index (κ2) is 6.84. The molecule has 1 aromatic carbocycles. The second-order valence-electron chi connectivity index (χ2n) is 6.93. The van der Waals surface area contributed by atoms with Crippen LogP contribution in [0.1, 0.15) is 24.4 Å². The lowest BCUT2D eigenvalue weighted by Crippen LogP contribution is -2.24. The Balaban J connectivity index is 1.56. The quantitative estimate of drug-likeness (QED) is 0.528. The molecule has 4 aromatic rings. The van der Waals surface area contributed by atoms with Crippen molar-refractivity contribution in [3.8, 4) is 11.4 Å². The molecule has 1 saturated heterocycles. The topological polar surface area (TPSA) is 60.5 Å². The summed E-state index contributed by atoms with van der Waals surface area (Å²) >= 11 is 0. The summed E-state index contributed by atoms with van der Waals surface area (Å²) in [5, 5.41) is 8.61. The number of ether oxygens (including phenoxy) is 1. The van der Waals surface area contributed by atoms with E-state index in [-0.39, 0.29) is 6.04 Å². The van der Waals surface area contributed by atoms with Gasteiger partial charge in [0.1, 0.15) is 23.1 Å². The molecule has 0 aliphatic carbocycles. The molecule has 1 aliphatic rings. The minimum Gasteiger partial charge on any atom is -0.493 e. The maximum absolute atomic E-state index is 14.4. The van der Waals surface area contributed by atoms with E-state index < -0.39 is 11.6 Å². The molecule has 3 aromatic heterocycles. The molecule has 1 aliphatic heterocycles. The molecular weight excluding hydrogens is 378 g/mol. The number of hydrogen-bond acceptors (Lipinski definition) is 5. The molecular formula is C20H18F2N6O. The minimum atomic E-state index is -0.442. The zero-order chi connectivity index (χ0) is 20.0. The summed E-state index contributed by atoms with van der Waals surface area (Å²) in [5.74, 6) is 0.464. The number of rotatable bonds is 4. The van der Waals surface area contributed by atoms with Crippen LogP contribution in [0.4, 0.5) is 14.6 Å². The smallest absolute Gasteiger partial charge is 0.183 e. The van der Waals surface area contributed by atoms with Gasteiger partial charge in [0, 0.05) is 18.3 Å². The van der Waals surface area contributed by atoms with Crippen molar-refractivity contribution in [1.82, 2.24) is 24.4 Å². The average molecular weight is 396 g/mol. The highest BCUT2D eigenvalue weighted by atomic mass is 19.1. The van der Waals surface area contributed by atoms with Gasteiger partial charge < -0.3 is 9.64 Å². The number of anilines is 1. The maximum Gasteiger partial charge on any atom is 0.183 e. The molecule has 4 heterocycles. The zero-order valence-electron chi connectivity index (χ0n) is 15.7. The van der Waals surface area contributed by atoms with Crippen LogP contribution < -0.4 is 9.64 Å². The number of fused-ring (bicyclic) bond motifs is 1. The molecule has 0 bridgehead atoms. The van der Waals surface area contributed by atoms with Crippen LogP contribution in [-0.4, -0.2) is 38.0 Å². The largest absolute Gasteiger partial charge is 0.493 e. The molecule has 9 heteroatoms. The Labute approximate surface area is 165 Å². The first-order valence-electron chi connectivity index (χ1n) is 9.29. The van der Waals surface area contributed by atoms with Crippen LogP contribution in [0.2, 0.25) is 0 Å². The van der Waals surface area contributed by atoms with Gasteiger partial charge in [0.2, 0.25) is 0 Å². The van der Waals surface area contributed by atoms with E-state index in [9.17, 15) is 8.78 Å². The molecule has 29 heavy (non-hydrogen) atoms. The Hall–Kier alpha value is -3.49. The molecule has 7 nitrogen and oxygen atoms in total. The fourth-order valence-electron chi connectivity index (χ4n) is 3.85. The SMILES string of the molecule is COc1cnn(-c2cnn3ccc(N4CCCC4c4cc(F)ccc4F)nc23)c1. The van der Waals surface area contributed by atoms with Gasteiger partial charge >= 0.3 is 0 Å². The van der Waals surface area contributed by atoms with Gasteiger partial charge in [-0.2, -0.15) is 10.2 Å². The van der Waals surface area contributed by atoms with E-state index >= 15 is 0 Å². The number of methoxy groups -OCH3 is 1. The lowest BCUT2D eigenvalue weighted by atomic mass is 10.0. The van der Waals surface area contributed by atoms with Gasteiger partial charge in [-0.25, -0.2) is 23.0 Å². The third-order valence-electron chi connectivity index (χ3n) is 5.24. The molecule has 1 fully saturated rings. The normalized spacial score (nSPS) is 16.7. The van der Waals surface area contributed by atoms with E-state index in [1.807, 2.05) is 11.0 Å². The first kappa shape index (κ1) is 17.6. The third-order valence-corrected chi connectivity index (χ3v) is 5.24. The van der Waals surface area contributed by atoms with E-state index in [0.29, 0.717) is 35.0 Å².